The number of hydrogen-bond acceptors (Lipinski definition) is 8. The van der Waals surface area contributed by atoms with Crippen LogP contribution >= 0.6 is 0 Å². The number of likely N-dealkylation sites (N-methyl/N-ethyl adjacent to an activating group) is 1. The van der Waals surface area contributed by atoms with Crippen molar-refractivity contribution < 1.29 is 14.3 Å². The second-order valence-corrected chi connectivity index (χ2v) is 8.90. The number of nitrogens with one attached hydrogen (secondary N) is 3. The van der Waals surface area contributed by atoms with Gasteiger partial charge in [0.15, 0.2) is 12.4 Å². The number of hydrogen-bond donors (Lipinski definition) is 3. The molecule has 0 aliphatic heterocycles. The smallest absolute Gasteiger partial charge is 0.258 e. The number of ether oxygens (including phenoxy) is 2. The van der Waals surface area contributed by atoms with Gasteiger partial charge in [0.05, 0.1) is 11.7 Å². The van der Waals surface area contributed by atoms with Crippen molar-refractivity contribution in [3.63, 3.8) is 0 Å². The van der Waals surface area contributed by atoms with E-state index in [0.29, 0.717) is 29.9 Å². The first kappa shape index (κ1) is 24.9. The molecule has 2 heterocycles. The van der Waals surface area contributed by atoms with Gasteiger partial charge in [-0.15, -0.1) is 0 Å². The van der Waals surface area contributed by atoms with E-state index in [1.165, 1.54) is 0 Å². The number of fused-ring (bicyclic) bond motifs is 1. The van der Waals surface area contributed by atoms with Crippen molar-refractivity contribution in [3.8, 4) is 23.0 Å². The van der Waals surface area contributed by atoms with Crippen molar-refractivity contribution in [3.05, 3.63) is 54.7 Å². The standard InChI is InChI=1S/C26H31N7O3/c1-17(2)28-24(34)16-36-21-7-5-6-18(13-21)26-30-23(14-25(31-26)35-11-10-33(3)4)29-20-8-9-22-19(12-20)15-27-32-22/h5-9,12-15,17H,10-11,16H2,1-4H3,(H,27,32)(H,28,34)(H,29,30,31). The topological polar surface area (TPSA) is 117 Å². The monoisotopic (exact) mass is 489 g/mol. The Bertz CT molecular complexity index is 1320. The van der Waals surface area contributed by atoms with Crippen LogP contribution in [0.15, 0.2) is 54.7 Å². The lowest BCUT2D eigenvalue weighted by atomic mass is 10.2. The Morgan fingerprint density at radius 1 is 1.08 bits per heavy atom. The zero-order chi connectivity index (χ0) is 25.5. The molecule has 0 fully saturated rings. The van der Waals surface area contributed by atoms with Crippen LogP contribution in [0, 0.1) is 0 Å². The molecule has 10 nitrogen and oxygen atoms in total. The predicted octanol–water partition coefficient (Wildman–Crippen LogP) is 3.61. The molecule has 4 rings (SSSR count). The third-order valence-electron chi connectivity index (χ3n) is 5.12. The van der Waals surface area contributed by atoms with Gasteiger partial charge in [-0.1, -0.05) is 12.1 Å². The van der Waals surface area contributed by atoms with Crippen LogP contribution in [0.4, 0.5) is 11.5 Å². The van der Waals surface area contributed by atoms with E-state index >= 15 is 0 Å². The minimum atomic E-state index is -0.177. The highest BCUT2D eigenvalue weighted by atomic mass is 16.5. The van der Waals surface area contributed by atoms with E-state index in [-0.39, 0.29) is 18.6 Å². The summed E-state index contributed by atoms with van der Waals surface area (Å²) in [7, 11) is 3.97. The highest BCUT2D eigenvalue weighted by Gasteiger charge is 2.11. The molecule has 2 aromatic carbocycles. The van der Waals surface area contributed by atoms with E-state index in [1.807, 2.05) is 69.2 Å². The van der Waals surface area contributed by atoms with Crippen molar-refractivity contribution in [2.75, 3.05) is 39.2 Å². The van der Waals surface area contributed by atoms with Gasteiger partial charge < -0.3 is 25.0 Å². The van der Waals surface area contributed by atoms with Crippen molar-refractivity contribution in [2.24, 2.45) is 0 Å². The van der Waals surface area contributed by atoms with Crippen molar-refractivity contribution in [1.82, 2.24) is 30.4 Å². The van der Waals surface area contributed by atoms with Crippen molar-refractivity contribution in [1.29, 1.82) is 0 Å². The number of amides is 1. The second-order valence-electron chi connectivity index (χ2n) is 8.90. The lowest BCUT2D eigenvalue weighted by Crippen LogP contribution is -2.34. The number of carbonyl (C=O) groups excluding carboxylic acids is 1. The fraction of sp³-hybridized carbons (Fsp3) is 0.308. The van der Waals surface area contributed by atoms with Gasteiger partial charge in [-0.25, -0.2) is 4.98 Å². The first-order chi connectivity index (χ1) is 17.4. The summed E-state index contributed by atoms with van der Waals surface area (Å²) < 4.78 is 11.6. The summed E-state index contributed by atoms with van der Waals surface area (Å²) in [5.41, 5.74) is 2.56. The first-order valence-corrected chi connectivity index (χ1v) is 11.7. The minimum Gasteiger partial charge on any atom is -0.484 e. The highest BCUT2D eigenvalue weighted by Crippen LogP contribution is 2.27. The molecule has 0 radical (unpaired) electrons. The van der Waals surface area contributed by atoms with Crippen LogP contribution in [-0.4, -0.2) is 70.9 Å². The lowest BCUT2D eigenvalue weighted by molar-refractivity contribution is -0.123. The molecule has 2 aromatic heterocycles. The molecule has 1 amide bonds. The molecule has 0 bridgehead atoms. The fourth-order valence-electron chi connectivity index (χ4n) is 3.43. The zero-order valence-electron chi connectivity index (χ0n) is 20.9. The Labute approximate surface area is 210 Å². The number of H-pyrrole nitrogens is 1. The van der Waals surface area contributed by atoms with Crippen molar-refractivity contribution >= 4 is 28.3 Å². The van der Waals surface area contributed by atoms with Gasteiger partial charge in [0, 0.05) is 35.3 Å². The van der Waals surface area contributed by atoms with E-state index in [0.717, 1.165) is 28.7 Å². The van der Waals surface area contributed by atoms with Gasteiger partial charge in [-0.05, 0) is 58.3 Å². The normalized spacial score (nSPS) is 11.2. The minimum absolute atomic E-state index is 0.0520. The van der Waals surface area contributed by atoms with Gasteiger partial charge >= 0.3 is 0 Å². The van der Waals surface area contributed by atoms with Gasteiger partial charge in [0.1, 0.15) is 18.2 Å². The van der Waals surface area contributed by atoms with Gasteiger partial charge in [0.25, 0.3) is 5.91 Å². The summed E-state index contributed by atoms with van der Waals surface area (Å²) in [6.45, 7) is 4.98. The molecule has 0 unspecified atom stereocenters. The molecule has 4 aromatic rings. The summed E-state index contributed by atoms with van der Waals surface area (Å²) in [4.78, 5) is 23.3. The Balaban J connectivity index is 1.58. The molecule has 0 atom stereocenters. The Hall–Kier alpha value is -4.18. The van der Waals surface area contributed by atoms with Gasteiger partial charge in [-0.2, -0.15) is 10.1 Å². The third-order valence-corrected chi connectivity index (χ3v) is 5.12. The SMILES string of the molecule is CC(C)NC(=O)COc1cccc(-c2nc(Nc3ccc4[nH]ncc4c3)cc(OCCN(C)C)n2)c1. The van der Waals surface area contributed by atoms with Gasteiger partial charge in [0.2, 0.25) is 5.88 Å². The number of benzene rings is 2. The number of aromatic nitrogens is 4. The Morgan fingerprint density at radius 3 is 2.75 bits per heavy atom. The van der Waals surface area contributed by atoms with Crippen LogP contribution < -0.4 is 20.1 Å². The summed E-state index contributed by atoms with van der Waals surface area (Å²) in [5.74, 6) is 1.89. The molecule has 0 aliphatic carbocycles. The van der Waals surface area contributed by atoms with E-state index < -0.39 is 0 Å². The largest absolute Gasteiger partial charge is 0.484 e. The number of rotatable bonds is 11. The van der Waals surface area contributed by atoms with Crippen LogP contribution in [0.5, 0.6) is 11.6 Å². The number of anilines is 2. The summed E-state index contributed by atoms with van der Waals surface area (Å²) in [6.07, 6.45) is 1.77. The van der Waals surface area contributed by atoms with E-state index in [9.17, 15) is 4.79 Å². The summed E-state index contributed by atoms with van der Waals surface area (Å²) >= 11 is 0. The average Bonchev–Trinajstić information content (AvgIpc) is 3.30. The lowest BCUT2D eigenvalue weighted by Gasteiger charge is -2.14. The molecular formula is C26H31N7O3. The maximum Gasteiger partial charge on any atom is 0.258 e. The van der Waals surface area contributed by atoms with Crippen LogP contribution in [0.1, 0.15) is 13.8 Å². The van der Waals surface area contributed by atoms with Crippen molar-refractivity contribution in [2.45, 2.75) is 19.9 Å². The average molecular weight is 490 g/mol. The fourth-order valence-corrected chi connectivity index (χ4v) is 3.43. The molecule has 0 saturated heterocycles. The molecule has 36 heavy (non-hydrogen) atoms. The van der Waals surface area contributed by atoms with Gasteiger partial charge in [-0.3, -0.25) is 9.89 Å². The first-order valence-electron chi connectivity index (χ1n) is 11.7. The predicted molar refractivity (Wildman–Crippen MR) is 140 cm³/mol. The van der Waals surface area contributed by atoms with Crippen LogP contribution in [0.2, 0.25) is 0 Å². The van der Waals surface area contributed by atoms with E-state index in [4.69, 9.17) is 14.5 Å². The maximum atomic E-state index is 12.0. The quantitative estimate of drug-likeness (QED) is 0.293. The second kappa shape index (κ2) is 11.5. The maximum absolute atomic E-state index is 12.0. The van der Waals surface area contributed by atoms with E-state index in [1.54, 1.807) is 18.3 Å². The molecule has 0 saturated carbocycles. The van der Waals surface area contributed by atoms with Crippen LogP contribution in [0.3, 0.4) is 0 Å². The highest BCUT2D eigenvalue weighted by molar-refractivity contribution is 5.82. The third kappa shape index (κ3) is 6.92. The Kier molecular flexibility index (Phi) is 7.96. The molecule has 10 heteroatoms. The molecule has 0 spiro atoms. The summed E-state index contributed by atoms with van der Waals surface area (Å²) in [6, 6.07) is 15.1. The van der Waals surface area contributed by atoms with E-state index in [2.05, 4.69) is 25.8 Å². The number of carbonyl (C=O) groups is 1. The Morgan fingerprint density at radius 2 is 1.94 bits per heavy atom. The molecule has 3 N–H and O–H groups in total. The number of aromatic amines is 1. The zero-order valence-corrected chi connectivity index (χ0v) is 20.9. The van der Waals surface area contributed by atoms with Crippen LogP contribution in [-0.2, 0) is 4.79 Å². The molecule has 188 valence electrons. The molecule has 0 aliphatic rings. The molecular weight excluding hydrogens is 458 g/mol. The van der Waals surface area contributed by atoms with Crippen LogP contribution in [0.25, 0.3) is 22.3 Å². The number of nitrogens with zero attached hydrogens (tertiary/aromatic N) is 4. The summed E-state index contributed by atoms with van der Waals surface area (Å²) in [5, 5.41) is 14.2.